The Morgan fingerprint density at radius 2 is 1.67 bits per heavy atom. The van der Waals surface area contributed by atoms with Crippen molar-refractivity contribution >= 4 is 17.8 Å². The standard InChI is InChI=1S/C29H37F3N2O8/c1-8-17(4)23(34-27(36)24-26(40-15-39-19(6)35)22(38-7)13-14-33-24)28(37)41-18(5)25(16(2)3)42-21-11-9-20(10-12-21)29(30,31)32/h9-14,16-18,23,25H,8,15H2,1-7H3,(H,34,36)/t17-,18-,23-,25+/m0/s1. The number of benzene rings is 1. The quantitative estimate of drug-likeness (QED) is 0.231. The molecule has 1 aromatic carbocycles. The summed E-state index contributed by atoms with van der Waals surface area (Å²) in [7, 11) is 1.36. The maximum atomic E-state index is 13.4. The molecule has 1 N–H and O–H groups in total. The number of pyridine rings is 1. The molecule has 1 heterocycles. The molecule has 0 aliphatic rings. The molecule has 0 aliphatic carbocycles. The van der Waals surface area contributed by atoms with E-state index in [1.807, 2.05) is 20.8 Å². The number of esters is 2. The molecule has 0 spiro atoms. The summed E-state index contributed by atoms with van der Waals surface area (Å²) >= 11 is 0. The second-order valence-corrected chi connectivity index (χ2v) is 9.92. The second kappa shape index (κ2) is 15.3. The maximum Gasteiger partial charge on any atom is 0.416 e. The third-order valence-electron chi connectivity index (χ3n) is 6.40. The zero-order valence-corrected chi connectivity index (χ0v) is 24.6. The van der Waals surface area contributed by atoms with Crippen LogP contribution < -0.4 is 19.5 Å². The van der Waals surface area contributed by atoms with Gasteiger partial charge in [0.1, 0.15) is 24.0 Å². The Hall–Kier alpha value is -4.03. The largest absolute Gasteiger partial charge is 0.493 e. The molecule has 10 nitrogen and oxygen atoms in total. The number of nitrogens with one attached hydrogen (secondary N) is 1. The summed E-state index contributed by atoms with van der Waals surface area (Å²) in [4.78, 5) is 41.9. The lowest BCUT2D eigenvalue weighted by Crippen LogP contribution is -2.49. The highest BCUT2D eigenvalue weighted by Gasteiger charge is 2.34. The number of methoxy groups -OCH3 is 1. The van der Waals surface area contributed by atoms with Gasteiger partial charge in [-0.1, -0.05) is 34.1 Å². The summed E-state index contributed by atoms with van der Waals surface area (Å²) in [6, 6.07) is 4.58. The zero-order valence-electron chi connectivity index (χ0n) is 24.6. The predicted molar refractivity (Wildman–Crippen MR) is 145 cm³/mol. The normalized spacial score (nSPS) is 14.3. The minimum atomic E-state index is -4.48. The van der Waals surface area contributed by atoms with Gasteiger partial charge in [0.2, 0.25) is 6.79 Å². The second-order valence-electron chi connectivity index (χ2n) is 9.92. The monoisotopic (exact) mass is 598 g/mol. The summed E-state index contributed by atoms with van der Waals surface area (Å²) in [6.07, 6.45) is -4.20. The van der Waals surface area contributed by atoms with Crippen molar-refractivity contribution in [1.29, 1.82) is 0 Å². The number of rotatable bonds is 14. The minimum Gasteiger partial charge on any atom is -0.493 e. The Kier molecular flexibility index (Phi) is 12.4. The number of nitrogens with zero attached hydrogens (tertiary/aromatic N) is 1. The van der Waals surface area contributed by atoms with Crippen molar-refractivity contribution < 1.29 is 51.2 Å². The summed E-state index contributed by atoms with van der Waals surface area (Å²) in [5.41, 5.74) is -1.02. The van der Waals surface area contributed by atoms with E-state index in [1.165, 1.54) is 38.4 Å². The van der Waals surface area contributed by atoms with Crippen molar-refractivity contribution in [2.75, 3.05) is 13.9 Å². The van der Waals surface area contributed by atoms with Crippen LogP contribution in [0.15, 0.2) is 36.5 Å². The van der Waals surface area contributed by atoms with Crippen LogP contribution >= 0.6 is 0 Å². The van der Waals surface area contributed by atoms with E-state index < -0.39 is 54.6 Å². The molecule has 42 heavy (non-hydrogen) atoms. The molecule has 0 aliphatic heterocycles. The predicted octanol–water partition coefficient (Wildman–Crippen LogP) is 5.19. The van der Waals surface area contributed by atoms with Gasteiger partial charge in [-0.25, -0.2) is 9.78 Å². The number of halogens is 3. The molecule has 4 atom stereocenters. The fraction of sp³-hybridized carbons (Fsp3) is 0.517. The Bertz CT molecular complexity index is 1200. The van der Waals surface area contributed by atoms with E-state index in [0.29, 0.717) is 6.42 Å². The molecular weight excluding hydrogens is 561 g/mol. The minimum absolute atomic E-state index is 0.0896. The molecule has 13 heteroatoms. The van der Waals surface area contributed by atoms with Crippen LogP contribution in [0.2, 0.25) is 0 Å². The Labute approximate surface area is 242 Å². The average Bonchev–Trinajstić information content (AvgIpc) is 2.93. The van der Waals surface area contributed by atoms with Crippen LogP contribution in [-0.2, 0) is 25.2 Å². The van der Waals surface area contributed by atoms with E-state index in [1.54, 1.807) is 13.8 Å². The summed E-state index contributed by atoms with van der Waals surface area (Å²) < 4.78 is 65.9. The van der Waals surface area contributed by atoms with E-state index >= 15 is 0 Å². The number of carbonyl (C=O) groups excluding carboxylic acids is 3. The Morgan fingerprint density at radius 3 is 2.19 bits per heavy atom. The number of amides is 1. The number of hydrogen-bond donors (Lipinski definition) is 1. The van der Waals surface area contributed by atoms with E-state index in [-0.39, 0.29) is 34.8 Å². The van der Waals surface area contributed by atoms with E-state index in [2.05, 4.69) is 10.3 Å². The summed E-state index contributed by atoms with van der Waals surface area (Å²) in [5, 5.41) is 2.65. The molecule has 0 fully saturated rings. The Morgan fingerprint density at radius 1 is 1.02 bits per heavy atom. The van der Waals surface area contributed by atoms with Gasteiger partial charge < -0.3 is 29.0 Å². The fourth-order valence-corrected chi connectivity index (χ4v) is 3.92. The number of hydrogen-bond acceptors (Lipinski definition) is 9. The molecule has 1 amide bonds. The topological polar surface area (TPSA) is 122 Å². The van der Waals surface area contributed by atoms with Crippen LogP contribution in [0.1, 0.15) is 64.0 Å². The highest BCUT2D eigenvalue weighted by molar-refractivity contribution is 5.98. The zero-order chi connectivity index (χ0) is 31.6. The lowest BCUT2D eigenvalue weighted by Gasteiger charge is -2.30. The van der Waals surface area contributed by atoms with Gasteiger partial charge >= 0.3 is 18.1 Å². The van der Waals surface area contributed by atoms with Crippen molar-refractivity contribution in [3.05, 3.63) is 47.8 Å². The van der Waals surface area contributed by atoms with Crippen LogP contribution in [0.5, 0.6) is 17.2 Å². The van der Waals surface area contributed by atoms with Crippen molar-refractivity contribution in [2.24, 2.45) is 11.8 Å². The summed E-state index contributed by atoms with van der Waals surface area (Å²) in [5.74, 6) is -2.41. The highest BCUT2D eigenvalue weighted by atomic mass is 19.4. The third-order valence-corrected chi connectivity index (χ3v) is 6.40. The smallest absolute Gasteiger partial charge is 0.416 e. The number of ether oxygens (including phenoxy) is 5. The molecule has 0 unspecified atom stereocenters. The third kappa shape index (κ3) is 9.52. The Balaban J connectivity index is 2.22. The van der Waals surface area contributed by atoms with Gasteiger partial charge in [-0.05, 0) is 43.0 Å². The van der Waals surface area contributed by atoms with Gasteiger partial charge in [0, 0.05) is 19.2 Å². The van der Waals surface area contributed by atoms with Crippen LogP contribution in [0.25, 0.3) is 0 Å². The molecule has 0 saturated carbocycles. The van der Waals surface area contributed by atoms with Gasteiger partial charge in [-0.15, -0.1) is 0 Å². The van der Waals surface area contributed by atoms with Crippen molar-refractivity contribution in [1.82, 2.24) is 10.3 Å². The molecule has 0 bridgehead atoms. The maximum absolute atomic E-state index is 13.4. The lowest BCUT2D eigenvalue weighted by molar-refractivity contribution is -0.158. The molecule has 0 radical (unpaired) electrons. The first-order valence-electron chi connectivity index (χ1n) is 13.3. The van der Waals surface area contributed by atoms with Crippen molar-refractivity contribution in [2.45, 2.75) is 72.4 Å². The van der Waals surface area contributed by atoms with Gasteiger partial charge in [0.25, 0.3) is 5.91 Å². The molecule has 232 valence electrons. The number of alkyl halides is 3. The van der Waals surface area contributed by atoms with Crippen LogP contribution in [-0.4, -0.2) is 55.0 Å². The molecule has 1 aromatic heterocycles. The van der Waals surface area contributed by atoms with Gasteiger partial charge in [0.15, 0.2) is 17.2 Å². The lowest BCUT2D eigenvalue weighted by atomic mass is 9.98. The first-order valence-corrected chi connectivity index (χ1v) is 13.3. The molecule has 2 aromatic rings. The van der Waals surface area contributed by atoms with E-state index in [4.69, 9.17) is 23.7 Å². The molecule has 2 rings (SSSR count). The van der Waals surface area contributed by atoms with Gasteiger partial charge in [-0.2, -0.15) is 13.2 Å². The van der Waals surface area contributed by atoms with Crippen LogP contribution in [0.3, 0.4) is 0 Å². The van der Waals surface area contributed by atoms with Gasteiger partial charge in [0.05, 0.1) is 12.7 Å². The van der Waals surface area contributed by atoms with Crippen molar-refractivity contribution in [3.8, 4) is 17.2 Å². The summed E-state index contributed by atoms with van der Waals surface area (Å²) in [6.45, 7) is 9.53. The SMILES string of the molecule is CC[C@H](C)[C@H](NC(=O)c1nccc(OC)c1OCOC(C)=O)C(=O)O[C@@H](C)[C@H](Oc1ccc(C(F)(F)F)cc1)C(C)C. The van der Waals surface area contributed by atoms with Crippen molar-refractivity contribution in [3.63, 3.8) is 0 Å². The molecule has 0 saturated heterocycles. The van der Waals surface area contributed by atoms with Crippen LogP contribution in [0, 0.1) is 11.8 Å². The molecular formula is C29H37F3N2O8. The van der Waals surface area contributed by atoms with E-state index in [9.17, 15) is 27.6 Å². The average molecular weight is 599 g/mol. The first kappa shape index (κ1) is 34.2. The number of carbonyl (C=O) groups is 3. The first-order chi connectivity index (χ1) is 19.7. The van der Waals surface area contributed by atoms with Crippen LogP contribution in [0.4, 0.5) is 13.2 Å². The fourth-order valence-electron chi connectivity index (χ4n) is 3.92. The van der Waals surface area contributed by atoms with Gasteiger partial charge in [-0.3, -0.25) is 9.59 Å². The highest BCUT2D eigenvalue weighted by Crippen LogP contribution is 2.32. The van der Waals surface area contributed by atoms with E-state index in [0.717, 1.165) is 12.1 Å². The number of aromatic nitrogens is 1.